The molecule has 1 N–H and O–H groups in total. The Morgan fingerprint density at radius 3 is 2.68 bits per heavy atom. The van der Waals surface area contributed by atoms with Crippen LogP contribution in [0.25, 0.3) is 0 Å². The number of hydrogen-bond acceptors (Lipinski definition) is 5. The number of carbonyl (C=O) groups excluding carboxylic acids is 2. The molecule has 1 saturated heterocycles. The molecule has 1 aliphatic heterocycles. The highest BCUT2D eigenvalue weighted by Gasteiger charge is 2.57. The van der Waals surface area contributed by atoms with Gasteiger partial charge in [0, 0.05) is 0 Å². The zero-order valence-electron chi connectivity index (χ0n) is 10.2. The predicted octanol–water partition coefficient (Wildman–Crippen LogP) is 0.858. The van der Waals surface area contributed by atoms with Crippen molar-refractivity contribution in [2.45, 2.75) is 24.8 Å². The lowest BCUT2D eigenvalue weighted by Gasteiger charge is -2.21. The summed E-state index contributed by atoms with van der Waals surface area (Å²) in [6.07, 6.45) is -2.65. The van der Waals surface area contributed by atoms with Crippen LogP contribution in [0.5, 0.6) is 0 Å². The molecular weight excluding hydrogens is 255 g/mol. The van der Waals surface area contributed by atoms with Crippen LogP contribution in [0.2, 0.25) is 0 Å². The largest absolute Gasteiger partial charge is 0.453 e. The Hall–Kier alpha value is -1.95. The number of benzene rings is 1. The van der Waals surface area contributed by atoms with Crippen LogP contribution < -0.4 is 0 Å². The number of carbonyl (C=O) groups is 2. The zero-order valence-corrected chi connectivity index (χ0v) is 10.2. The number of hydrogen-bond donors (Lipinski definition) is 1. The molecule has 0 aliphatic carbocycles. The van der Waals surface area contributed by atoms with Crippen molar-refractivity contribution in [2.24, 2.45) is 0 Å². The van der Waals surface area contributed by atoms with E-state index in [0.29, 0.717) is 0 Å². The van der Waals surface area contributed by atoms with Crippen molar-refractivity contribution in [3.8, 4) is 0 Å². The number of halogens is 1. The Labute approximate surface area is 108 Å². The second kappa shape index (κ2) is 4.97. The minimum atomic E-state index is -2.46. The number of aliphatic hydroxyl groups excluding tert-OH is 1. The van der Waals surface area contributed by atoms with E-state index in [0.717, 1.165) is 6.92 Å². The molecule has 102 valence electrons. The van der Waals surface area contributed by atoms with Gasteiger partial charge in [-0.05, 0) is 19.1 Å². The summed E-state index contributed by atoms with van der Waals surface area (Å²) in [6.45, 7) is 0.353. The van der Waals surface area contributed by atoms with Gasteiger partial charge in [-0.3, -0.25) is 0 Å². The number of cyclic esters (lactones) is 1. The summed E-state index contributed by atoms with van der Waals surface area (Å²) in [5, 5.41) is 9.03. The van der Waals surface area contributed by atoms with Gasteiger partial charge in [0.25, 0.3) is 0 Å². The lowest BCUT2D eigenvalue weighted by Crippen LogP contribution is -2.43. The maximum absolute atomic E-state index is 14.1. The third-order valence-corrected chi connectivity index (χ3v) is 2.95. The Morgan fingerprint density at radius 1 is 1.47 bits per heavy atom. The maximum atomic E-state index is 14.1. The van der Waals surface area contributed by atoms with E-state index in [2.05, 4.69) is 4.74 Å². The van der Waals surface area contributed by atoms with E-state index in [4.69, 9.17) is 9.84 Å². The van der Waals surface area contributed by atoms with Gasteiger partial charge in [0.05, 0.1) is 12.2 Å². The van der Waals surface area contributed by atoms with Crippen LogP contribution in [0.3, 0.4) is 0 Å². The van der Waals surface area contributed by atoms with E-state index < -0.39 is 36.4 Å². The fourth-order valence-electron chi connectivity index (χ4n) is 1.86. The molecule has 0 saturated carbocycles. The summed E-state index contributed by atoms with van der Waals surface area (Å²) < 4.78 is 23.7. The van der Waals surface area contributed by atoms with Gasteiger partial charge in [-0.2, -0.15) is 0 Å². The third kappa shape index (κ3) is 2.44. The van der Waals surface area contributed by atoms with Crippen molar-refractivity contribution in [1.82, 2.24) is 0 Å². The standard InChI is InChI=1S/C13H13FO5/c1-13(14)10(9(7-15)18-12(13)17)19-11(16)8-5-3-2-4-6-8/h2-6,9-10,15H,7H2,1H3/t9?,10?,13-/m1/s1. The van der Waals surface area contributed by atoms with Gasteiger partial charge in [-0.1, -0.05) is 18.2 Å². The van der Waals surface area contributed by atoms with Crippen molar-refractivity contribution in [3.05, 3.63) is 35.9 Å². The normalized spacial score (nSPS) is 29.9. The smallest absolute Gasteiger partial charge is 0.348 e. The first-order valence-corrected chi connectivity index (χ1v) is 5.73. The van der Waals surface area contributed by atoms with Gasteiger partial charge in [0.1, 0.15) is 0 Å². The summed E-state index contributed by atoms with van der Waals surface area (Å²) in [5.74, 6) is -1.91. The Kier molecular flexibility index (Phi) is 3.53. The van der Waals surface area contributed by atoms with Crippen molar-refractivity contribution >= 4 is 11.9 Å². The molecule has 0 spiro atoms. The minimum absolute atomic E-state index is 0.231. The second-order valence-corrected chi connectivity index (χ2v) is 4.39. The molecule has 0 bridgehead atoms. The highest BCUT2D eigenvalue weighted by Crippen LogP contribution is 2.32. The number of alkyl halides is 1. The van der Waals surface area contributed by atoms with Crippen LogP contribution in [0.15, 0.2) is 30.3 Å². The molecule has 1 heterocycles. The first kappa shape index (κ1) is 13.5. The molecule has 2 unspecified atom stereocenters. The molecule has 3 atom stereocenters. The molecule has 1 aliphatic rings. The second-order valence-electron chi connectivity index (χ2n) is 4.39. The van der Waals surface area contributed by atoms with E-state index in [9.17, 15) is 14.0 Å². The Morgan fingerprint density at radius 2 is 2.11 bits per heavy atom. The molecule has 1 fully saturated rings. The summed E-state index contributed by atoms with van der Waals surface area (Å²) >= 11 is 0. The summed E-state index contributed by atoms with van der Waals surface area (Å²) in [5.41, 5.74) is -2.23. The Balaban J connectivity index is 2.17. The first-order valence-electron chi connectivity index (χ1n) is 5.73. The fraction of sp³-hybridized carbons (Fsp3) is 0.385. The van der Waals surface area contributed by atoms with Gasteiger partial charge in [0.15, 0.2) is 12.2 Å². The van der Waals surface area contributed by atoms with E-state index in [1.54, 1.807) is 18.2 Å². The van der Waals surface area contributed by atoms with Crippen molar-refractivity contribution in [1.29, 1.82) is 0 Å². The maximum Gasteiger partial charge on any atom is 0.348 e. The molecule has 1 aromatic carbocycles. The van der Waals surface area contributed by atoms with Crippen LogP contribution in [0.4, 0.5) is 4.39 Å². The molecule has 1 aromatic rings. The summed E-state index contributed by atoms with van der Waals surface area (Å²) in [7, 11) is 0. The number of ether oxygens (including phenoxy) is 2. The molecule has 0 aromatic heterocycles. The number of aliphatic hydroxyl groups is 1. The first-order chi connectivity index (χ1) is 8.96. The van der Waals surface area contributed by atoms with Crippen LogP contribution in [-0.4, -0.2) is 41.5 Å². The van der Waals surface area contributed by atoms with Crippen LogP contribution in [0, 0.1) is 0 Å². The van der Waals surface area contributed by atoms with Crippen LogP contribution in [0.1, 0.15) is 17.3 Å². The van der Waals surface area contributed by atoms with E-state index in [-0.39, 0.29) is 5.56 Å². The monoisotopic (exact) mass is 268 g/mol. The summed E-state index contributed by atoms with van der Waals surface area (Å²) in [4.78, 5) is 23.1. The van der Waals surface area contributed by atoms with Crippen LogP contribution in [-0.2, 0) is 14.3 Å². The SMILES string of the molecule is C[C@]1(F)C(=O)OC(CO)C1OC(=O)c1ccccc1. The van der Waals surface area contributed by atoms with E-state index in [1.807, 2.05) is 0 Å². The average Bonchev–Trinajstić information content (AvgIpc) is 2.63. The number of rotatable bonds is 3. The van der Waals surface area contributed by atoms with E-state index >= 15 is 0 Å². The molecule has 5 nitrogen and oxygen atoms in total. The zero-order chi connectivity index (χ0) is 14.0. The van der Waals surface area contributed by atoms with E-state index in [1.165, 1.54) is 12.1 Å². The highest BCUT2D eigenvalue weighted by atomic mass is 19.1. The molecule has 0 amide bonds. The quantitative estimate of drug-likeness (QED) is 0.823. The van der Waals surface area contributed by atoms with Crippen molar-refractivity contribution in [3.63, 3.8) is 0 Å². The molecular formula is C13H13FO5. The van der Waals surface area contributed by atoms with Gasteiger partial charge in [0.2, 0.25) is 5.67 Å². The summed E-state index contributed by atoms with van der Waals surface area (Å²) in [6, 6.07) is 7.98. The molecule has 19 heavy (non-hydrogen) atoms. The average molecular weight is 268 g/mol. The Bertz CT molecular complexity index is 485. The molecule has 6 heteroatoms. The lowest BCUT2D eigenvalue weighted by atomic mass is 10.0. The lowest BCUT2D eigenvalue weighted by molar-refractivity contribution is -0.150. The topological polar surface area (TPSA) is 72.8 Å². The van der Waals surface area contributed by atoms with Gasteiger partial charge < -0.3 is 14.6 Å². The predicted molar refractivity (Wildman–Crippen MR) is 62.1 cm³/mol. The highest BCUT2D eigenvalue weighted by molar-refractivity contribution is 5.90. The van der Waals surface area contributed by atoms with Crippen molar-refractivity contribution in [2.75, 3.05) is 6.61 Å². The molecule has 0 radical (unpaired) electrons. The van der Waals surface area contributed by atoms with Crippen LogP contribution >= 0.6 is 0 Å². The van der Waals surface area contributed by atoms with Gasteiger partial charge >= 0.3 is 11.9 Å². The molecule has 2 rings (SSSR count). The van der Waals surface area contributed by atoms with Gasteiger partial charge in [-0.15, -0.1) is 0 Å². The van der Waals surface area contributed by atoms with Crippen molar-refractivity contribution < 1.29 is 28.6 Å². The number of esters is 2. The van der Waals surface area contributed by atoms with Gasteiger partial charge in [-0.25, -0.2) is 14.0 Å². The minimum Gasteiger partial charge on any atom is -0.453 e. The third-order valence-electron chi connectivity index (χ3n) is 2.95. The fourth-order valence-corrected chi connectivity index (χ4v) is 1.86.